The second-order valence-corrected chi connectivity index (χ2v) is 17.1. The fourth-order valence-electron chi connectivity index (χ4n) is 6.57. The predicted octanol–water partition coefficient (Wildman–Crippen LogP) is 4.96. The summed E-state index contributed by atoms with van der Waals surface area (Å²) in [5, 5.41) is 6.12. The number of pyridine rings is 1. The third kappa shape index (κ3) is 9.05. The van der Waals surface area contributed by atoms with Crippen molar-refractivity contribution < 1.29 is 41.8 Å². The van der Waals surface area contributed by atoms with Crippen molar-refractivity contribution in [3.05, 3.63) is 84.9 Å². The van der Waals surface area contributed by atoms with Crippen LogP contribution in [0.4, 0.5) is 4.79 Å². The Morgan fingerprint density at radius 1 is 0.929 bits per heavy atom. The number of rotatable bonds is 12. The highest BCUT2D eigenvalue weighted by Crippen LogP contribution is 2.38. The molecule has 3 N–H and O–H groups in total. The van der Waals surface area contributed by atoms with E-state index in [1.54, 1.807) is 66.0 Å². The smallest absolute Gasteiger partial charge is 0.408 e. The number of carbonyl (C=O) groups is 4. The molecule has 0 unspecified atom stereocenters. The molecular formula is C41H47N5O9S. The van der Waals surface area contributed by atoms with Crippen LogP contribution >= 0.6 is 0 Å². The van der Waals surface area contributed by atoms with Crippen LogP contribution in [0.2, 0.25) is 0 Å². The molecule has 15 heteroatoms. The normalized spacial score (nSPS) is 18.2. The third-order valence-corrected chi connectivity index (χ3v) is 11.0. The Morgan fingerprint density at radius 3 is 2.20 bits per heavy atom. The largest absolute Gasteiger partial charge is 0.497 e. The Labute approximate surface area is 326 Å². The van der Waals surface area contributed by atoms with Gasteiger partial charge in [-0.3, -0.25) is 14.4 Å². The van der Waals surface area contributed by atoms with Gasteiger partial charge in [0.2, 0.25) is 11.8 Å². The molecule has 1 aliphatic heterocycles. The molecule has 6 rings (SSSR count). The molecule has 2 aliphatic rings. The minimum Gasteiger partial charge on any atom is -0.497 e. The summed E-state index contributed by atoms with van der Waals surface area (Å²) >= 11 is 0. The number of likely N-dealkylation sites (tertiary alicyclic amines) is 1. The first kappa shape index (κ1) is 40.0. The maximum absolute atomic E-state index is 14.4. The van der Waals surface area contributed by atoms with Gasteiger partial charge in [-0.2, -0.15) is 0 Å². The van der Waals surface area contributed by atoms with Crippen LogP contribution in [-0.2, 0) is 29.1 Å². The number of aromatic nitrogens is 1. The highest BCUT2D eigenvalue weighted by atomic mass is 32.2. The Hall–Kier alpha value is -5.70. The molecule has 0 radical (unpaired) electrons. The zero-order valence-corrected chi connectivity index (χ0v) is 33.0. The SMILES string of the molecule is COc1ccc2c(O[C@@H]3C[C@@H](C(=O)NC4(C(=O)NS(=O)(=O)c5ccccc5)CC4)N(C(=O)[C@@H](NC(=O)OC(C)(C)C)C(C)C)C3)cc(-c3ccccc3)nc2c1. The van der Waals surface area contributed by atoms with Crippen molar-refractivity contribution in [2.24, 2.45) is 5.92 Å². The number of benzene rings is 3. The van der Waals surface area contributed by atoms with E-state index in [1.165, 1.54) is 29.2 Å². The molecule has 1 aliphatic carbocycles. The zero-order chi connectivity index (χ0) is 40.4. The van der Waals surface area contributed by atoms with E-state index in [-0.39, 0.29) is 30.7 Å². The van der Waals surface area contributed by atoms with Crippen molar-refractivity contribution >= 4 is 44.7 Å². The second-order valence-electron chi connectivity index (χ2n) is 15.4. The van der Waals surface area contributed by atoms with E-state index in [0.29, 0.717) is 28.1 Å². The third-order valence-electron chi connectivity index (χ3n) is 9.62. The van der Waals surface area contributed by atoms with E-state index < -0.39 is 69.1 Å². The second kappa shape index (κ2) is 15.8. The first-order valence-electron chi connectivity index (χ1n) is 18.4. The maximum atomic E-state index is 14.4. The number of carbonyl (C=O) groups excluding carboxylic acids is 4. The number of fused-ring (bicyclic) bond motifs is 1. The van der Waals surface area contributed by atoms with Gasteiger partial charge in [-0.05, 0) is 63.8 Å². The topological polar surface area (TPSA) is 182 Å². The van der Waals surface area contributed by atoms with E-state index >= 15 is 0 Å². The number of sulfonamides is 1. The molecule has 1 saturated carbocycles. The molecule has 1 aromatic heterocycles. The molecule has 0 bridgehead atoms. The van der Waals surface area contributed by atoms with Crippen molar-refractivity contribution in [2.75, 3.05) is 13.7 Å². The van der Waals surface area contributed by atoms with Crippen molar-refractivity contribution in [1.82, 2.24) is 25.2 Å². The van der Waals surface area contributed by atoms with Gasteiger partial charge in [0, 0.05) is 29.5 Å². The summed E-state index contributed by atoms with van der Waals surface area (Å²) in [6.07, 6.45) is -1.10. The lowest BCUT2D eigenvalue weighted by atomic mass is 10.0. The summed E-state index contributed by atoms with van der Waals surface area (Å²) in [6.45, 7) is 8.60. The van der Waals surface area contributed by atoms with Gasteiger partial charge in [0.05, 0.1) is 29.8 Å². The average Bonchev–Trinajstić information content (AvgIpc) is 3.82. The lowest BCUT2D eigenvalue weighted by molar-refractivity contribution is -0.141. The number of hydrogen-bond acceptors (Lipinski definition) is 10. The number of hydrogen-bond donors (Lipinski definition) is 3. The van der Waals surface area contributed by atoms with Crippen molar-refractivity contribution in [3.8, 4) is 22.8 Å². The monoisotopic (exact) mass is 785 g/mol. The van der Waals surface area contributed by atoms with Gasteiger partial charge >= 0.3 is 6.09 Å². The van der Waals surface area contributed by atoms with Crippen LogP contribution in [0.5, 0.6) is 11.5 Å². The molecule has 1 saturated heterocycles. The molecule has 56 heavy (non-hydrogen) atoms. The standard InChI is InChI=1S/C41H47N5O9S/c1-25(2)35(43-39(50)55-40(3,4)5)37(48)46-24-28(54-34-23-31(26-13-9-7-10-14-26)42-32-21-27(53-6)17-18-30(32)34)22-33(46)36(47)44-41(19-20-41)38(49)45-56(51,52)29-15-11-8-12-16-29/h7-18,21,23,25,28,33,35H,19-20,22,24H2,1-6H3,(H,43,50)(H,44,47)(H,45,49)/t28-,33+,35+/m1/s1. The molecule has 2 heterocycles. The number of methoxy groups -OCH3 is 1. The van der Waals surface area contributed by atoms with Crippen LogP contribution in [-0.4, -0.2) is 85.1 Å². The van der Waals surface area contributed by atoms with Crippen molar-refractivity contribution in [1.29, 1.82) is 0 Å². The lowest BCUT2D eigenvalue weighted by Crippen LogP contribution is -2.58. The zero-order valence-electron chi connectivity index (χ0n) is 32.2. The summed E-state index contributed by atoms with van der Waals surface area (Å²) in [7, 11) is -2.65. The summed E-state index contributed by atoms with van der Waals surface area (Å²) in [6, 6.07) is 22.0. The molecule has 3 atom stereocenters. The molecule has 296 valence electrons. The van der Waals surface area contributed by atoms with E-state index in [1.807, 2.05) is 36.4 Å². The maximum Gasteiger partial charge on any atom is 0.408 e. The number of amides is 4. The van der Waals surface area contributed by atoms with Crippen LogP contribution in [0.15, 0.2) is 89.8 Å². The first-order chi connectivity index (χ1) is 26.5. The van der Waals surface area contributed by atoms with Gasteiger partial charge in [-0.25, -0.2) is 22.9 Å². The van der Waals surface area contributed by atoms with Gasteiger partial charge in [-0.15, -0.1) is 0 Å². The minimum atomic E-state index is -4.22. The van der Waals surface area contributed by atoms with E-state index in [4.69, 9.17) is 19.2 Å². The average molecular weight is 786 g/mol. The molecule has 2 fully saturated rings. The van der Waals surface area contributed by atoms with Crippen LogP contribution in [0.3, 0.4) is 0 Å². The van der Waals surface area contributed by atoms with Crippen molar-refractivity contribution in [3.63, 3.8) is 0 Å². The van der Waals surface area contributed by atoms with Gasteiger partial charge < -0.3 is 29.7 Å². The van der Waals surface area contributed by atoms with Crippen molar-refractivity contribution in [2.45, 2.75) is 88.1 Å². The molecule has 4 aromatic rings. The lowest BCUT2D eigenvalue weighted by Gasteiger charge is -2.31. The van der Waals surface area contributed by atoms with E-state index in [2.05, 4.69) is 15.4 Å². The fourth-order valence-corrected chi connectivity index (χ4v) is 7.64. The fraction of sp³-hybridized carbons (Fsp3) is 0.390. The Bertz CT molecular complexity index is 2220. The summed E-state index contributed by atoms with van der Waals surface area (Å²) in [4.78, 5) is 61.1. The number of nitrogens with one attached hydrogen (secondary N) is 3. The predicted molar refractivity (Wildman–Crippen MR) is 208 cm³/mol. The first-order valence-corrected chi connectivity index (χ1v) is 19.9. The van der Waals surface area contributed by atoms with Crippen LogP contribution in [0.25, 0.3) is 22.2 Å². The highest BCUT2D eigenvalue weighted by Gasteiger charge is 2.54. The van der Waals surface area contributed by atoms with Gasteiger partial charge in [0.1, 0.15) is 40.8 Å². The Balaban J connectivity index is 1.30. The van der Waals surface area contributed by atoms with Crippen LogP contribution < -0.4 is 24.8 Å². The highest BCUT2D eigenvalue weighted by molar-refractivity contribution is 7.90. The molecule has 0 spiro atoms. The number of nitrogens with zero attached hydrogens (tertiary/aromatic N) is 2. The van der Waals surface area contributed by atoms with E-state index in [9.17, 15) is 27.6 Å². The molecule has 14 nitrogen and oxygen atoms in total. The van der Waals surface area contributed by atoms with E-state index in [0.717, 1.165) is 5.56 Å². The Morgan fingerprint density at radius 2 is 1.59 bits per heavy atom. The summed E-state index contributed by atoms with van der Waals surface area (Å²) < 4.78 is 45.7. The molecule has 4 amide bonds. The van der Waals surface area contributed by atoms with Gasteiger partial charge in [-0.1, -0.05) is 62.4 Å². The summed E-state index contributed by atoms with van der Waals surface area (Å²) in [5.74, 6) is -1.43. The number of ether oxygens (including phenoxy) is 3. The minimum absolute atomic E-state index is 0.0233. The molecular weight excluding hydrogens is 739 g/mol. The molecule has 3 aromatic carbocycles. The quantitative estimate of drug-likeness (QED) is 0.178. The van der Waals surface area contributed by atoms with Crippen LogP contribution in [0, 0.1) is 5.92 Å². The van der Waals surface area contributed by atoms with Gasteiger partial charge in [0.15, 0.2) is 0 Å². The summed E-state index contributed by atoms with van der Waals surface area (Å²) in [5.41, 5.74) is -0.237. The van der Waals surface area contributed by atoms with Gasteiger partial charge in [0.25, 0.3) is 15.9 Å². The Kier molecular flexibility index (Phi) is 11.3. The van der Waals surface area contributed by atoms with Crippen LogP contribution in [0.1, 0.15) is 53.9 Å². The number of alkyl carbamates (subject to hydrolysis) is 1.